The van der Waals surface area contributed by atoms with E-state index in [4.69, 9.17) is 0 Å². The van der Waals surface area contributed by atoms with E-state index >= 15 is 0 Å². The summed E-state index contributed by atoms with van der Waals surface area (Å²) in [5.41, 5.74) is 1.39. The first-order valence-corrected chi connectivity index (χ1v) is 10.3. The first-order valence-electron chi connectivity index (χ1n) is 8.90. The number of rotatable bonds is 5. The van der Waals surface area contributed by atoms with E-state index in [1.54, 1.807) is 30.3 Å². The molecule has 0 atom stereocenters. The Hall–Kier alpha value is -3.19. The minimum absolute atomic E-state index is 0.00890. The summed E-state index contributed by atoms with van der Waals surface area (Å²) in [6.45, 7) is 4.28. The van der Waals surface area contributed by atoms with Gasteiger partial charge in [-0.2, -0.15) is 12.8 Å². The van der Waals surface area contributed by atoms with Crippen molar-refractivity contribution in [3.05, 3.63) is 76.9 Å². The van der Waals surface area contributed by atoms with Crippen molar-refractivity contribution in [3.63, 3.8) is 0 Å². The predicted octanol–water partition coefficient (Wildman–Crippen LogP) is 3.09. The molecule has 0 aliphatic heterocycles. The van der Waals surface area contributed by atoms with Gasteiger partial charge in [-0.25, -0.2) is 0 Å². The van der Waals surface area contributed by atoms with Crippen LogP contribution in [0.2, 0.25) is 0 Å². The van der Waals surface area contributed by atoms with Crippen LogP contribution in [0, 0.1) is 12.8 Å². The van der Waals surface area contributed by atoms with Gasteiger partial charge in [-0.05, 0) is 39.0 Å². The van der Waals surface area contributed by atoms with E-state index in [0.29, 0.717) is 5.56 Å². The van der Waals surface area contributed by atoms with E-state index in [-0.39, 0.29) is 21.7 Å². The molecule has 0 spiro atoms. The van der Waals surface area contributed by atoms with E-state index in [2.05, 4.69) is 4.40 Å². The van der Waals surface area contributed by atoms with Crippen LogP contribution < -0.4 is 0 Å². The second-order valence-electron chi connectivity index (χ2n) is 6.89. The molecule has 0 fully saturated rings. The Morgan fingerprint density at radius 3 is 2.00 bits per heavy atom. The number of aryl methyl sites for hydroxylation is 1. The number of allylic oxidation sites excluding steroid dienone is 2. The summed E-state index contributed by atoms with van der Waals surface area (Å²) in [5, 5.41) is 0. The molecular weight excluding hydrogens is 390 g/mol. The first-order chi connectivity index (χ1) is 13.6. The fourth-order valence-corrected chi connectivity index (χ4v) is 4.25. The Kier molecular flexibility index (Phi) is 5.44. The lowest BCUT2D eigenvalue weighted by molar-refractivity contribution is -0.128. The van der Waals surface area contributed by atoms with Crippen LogP contribution in [-0.2, 0) is 19.6 Å². The molecule has 6 nitrogen and oxygen atoms in total. The van der Waals surface area contributed by atoms with Gasteiger partial charge in [0.1, 0.15) is 17.5 Å². The van der Waals surface area contributed by atoms with Crippen molar-refractivity contribution < 1.29 is 22.8 Å². The Morgan fingerprint density at radius 2 is 1.45 bits per heavy atom. The Balaban J connectivity index is 2.23. The second-order valence-corrected chi connectivity index (χ2v) is 8.50. The van der Waals surface area contributed by atoms with Crippen LogP contribution in [0.3, 0.4) is 0 Å². The quantitative estimate of drug-likeness (QED) is 0.707. The van der Waals surface area contributed by atoms with Gasteiger partial charge in [0.25, 0.3) is 10.0 Å². The molecule has 0 unspecified atom stereocenters. The molecular formula is C22H19NO5S. The van der Waals surface area contributed by atoms with Crippen molar-refractivity contribution in [3.8, 4) is 0 Å². The van der Waals surface area contributed by atoms with E-state index in [9.17, 15) is 22.8 Å². The van der Waals surface area contributed by atoms with Gasteiger partial charge in [0.15, 0.2) is 5.78 Å². The molecule has 0 aromatic heterocycles. The highest BCUT2D eigenvalue weighted by molar-refractivity contribution is 7.90. The minimum atomic E-state index is -4.06. The third-order valence-corrected chi connectivity index (χ3v) is 5.97. The zero-order valence-corrected chi connectivity index (χ0v) is 17.0. The van der Waals surface area contributed by atoms with Crippen LogP contribution in [-0.4, -0.2) is 31.5 Å². The molecule has 2 aromatic carbocycles. The molecule has 1 aliphatic carbocycles. The van der Waals surface area contributed by atoms with Crippen molar-refractivity contribution in [1.29, 1.82) is 0 Å². The molecule has 148 valence electrons. The lowest BCUT2D eigenvalue weighted by Gasteiger charge is -2.21. The lowest BCUT2D eigenvalue weighted by Crippen LogP contribution is -2.30. The maximum Gasteiger partial charge on any atom is 0.282 e. The van der Waals surface area contributed by atoms with Gasteiger partial charge in [-0.15, -0.1) is 0 Å². The summed E-state index contributed by atoms with van der Waals surface area (Å²) in [6.07, 6.45) is 1.24. The maximum atomic E-state index is 12.9. The van der Waals surface area contributed by atoms with Gasteiger partial charge >= 0.3 is 0 Å². The molecule has 7 heteroatoms. The van der Waals surface area contributed by atoms with Gasteiger partial charge in [0.05, 0.1) is 10.6 Å². The predicted molar refractivity (Wildman–Crippen MR) is 109 cm³/mol. The van der Waals surface area contributed by atoms with Crippen LogP contribution in [0.1, 0.15) is 35.3 Å². The molecule has 1 aliphatic rings. The topological polar surface area (TPSA) is 97.7 Å². The van der Waals surface area contributed by atoms with Crippen LogP contribution in [0.25, 0.3) is 0 Å². The Morgan fingerprint density at radius 1 is 0.897 bits per heavy atom. The molecule has 0 radical (unpaired) electrons. The van der Waals surface area contributed by atoms with Crippen molar-refractivity contribution in [1.82, 2.24) is 0 Å². The number of benzene rings is 2. The molecule has 0 saturated carbocycles. The van der Waals surface area contributed by atoms with Crippen LogP contribution in [0.15, 0.2) is 69.5 Å². The molecule has 0 saturated heterocycles. The summed E-state index contributed by atoms with van der Waals surface area (Å²) >= 11 is 0. The standard InChI is InChI=1S/C22H19NO5S/c1-13-8-10-16(11-9-13)29(27,28)23-20-12-19(21(14(2)24)15(3)25)22(26)18-7-5-4-6-17(18)20/h4-12,21H,1-3H3. The Labute approximate surface area is 169 Å². The first kappa shape index (κ1) is 20.5. The summed E-state index contributed by atoms with van der Waals surface area (Å²) < 4.78 is 29.6. The third kappa shape index (κ3) is 4.00. The van der Waals surface area contributed by atoms with Crippen molar-refractivity contribution in [2.24, 2.45) is 10.3 Å². The summed E-state index contributed by atoms with van der Waals surface area (Å²) in [4.78, 5) is 36.9. The third-order valence-electron chi connectivity index (χ3n) is 4.66. The number of carbonyl (C=O) groups is 3. The van der Waals surface area contributed by atoms with E-state index < -0.39 is 33.3 Å². The van der Waals surface area contributed by atoms with Gasteiger partial charge in [0, 0.05) is 16.7 Å². The highest BCUT2D eigenvalue weighted by atomic mass is 32.2. The number of ketones is 3. The maximum absolute atomic E-state index is 12.9. The molecule has 3 rings (SSSR count). The smallest absolute Gasteiger partial charge is 0.282 e. The average molecular weight is 409 g/mol. The van der Waals surface area contributed by atoms with E-state index in [1.165, 1.54) is 38.1 Å². The zero-order chi connectivity index (χ0) is 21.3. The number of hydrogen-bond acceptors (Lipinski definition) is 5. The van der Waals surface area contributed by atoms with Crippen LogP contribution in [0.5, 0.6) is 0 Å². The van der Waals surface area contributed by atoms with Gasteiger partial charge < -0.3 is 0 Å². The molecule has 0 bridgehead atoms. The number of sulfonamides is 1. The zero-order valence-electron chi connectivity index (χ0n) is 16.2. The summed E-state index contributed by atoms with van der Waals surface area (Å²) in [5.74, 6) is -2.72. The fourth-order valence-electron chi connectivity index (χ4n) is 3.26. The summed E-state index contributed by atoms with van der Waals surface area (Å²) in [6, 6.07) is 12.6. The fraction of sp³-hybridized carbons (Fsp3) is 0.182. The average Bonchev–Trinajstić information content (AvgIpc) is 2.65. The van der Waals surface area contributed by atoms with Crippen molar-refractivity contribution in [2.75, 3.05) is 0 Å². The van der Waals surface area contributed by atoms with Crippen molar-refractivity contribution >= 4 is 33.1 Å². The minimum Gasteiger partial charge on any atom is -0.299 e. The van der Waals surface area contributed by atoms with Crippen molar-refractivity contribution in [2.45, 2.75) is 25.7 Å². The molecule has 0 heterocycles. The highest BCUT2D eigenvalue weighted by Crippen LogP contribution is 2.28. The van der Waals surface area contributed by atoms with E-state index in [0.717, 1.165) is 5.56 Å². The van der Waals surface area contributed by atoms with Crippen LogP contribution >= 0.6 is 0 Å². The second kappa shape index (κ2) is 7.67. The molecule has 0 amide bonds. The normalized spacial score (nSPS) is 15.2. The number of fused-ring (bicyclic) bond motifs is 1. The SMILES string of the molecule is CC(=O)C(C(C)=O)C1=CC(=NS(=O)(=O)c2ccc(C)cc2)c2ccccc2C1=O. The number of hydrogen-bond donors (Lipinski definition) is 0. The molecule has 29 heavy (non-hydrogen) atoms. The number of carbonyl (C=O) groups excluding carboxylic acids is 3. The summed E-state index contributed by atoms with van der Waals surface area (Å²) in [7, 11) is -4.06. The number of Topliss-reactive ketones (excluding diaryl/α,β-unsaturated/α-hetero) is 3. The number of nitrogens with zero attached hydrogens (tertiary/aromatic N) is 1. The van der Waals surface area contributed by atoms with Gasteiger partial charge in [0.2, 0.25) is 0 Å². The van der Waals surface area contributed by atoms with Crippen LogP contribution in [0.4, 0.5) is 0 Å². The lowest BCUT2D eigenvalue weighted by atomic mass is 9.80. The largest absolute Gasteiger partial charge is 0.299 e. The molecule has 0 N–H and O–H groups in total. The van der Waals surface area contributed by atoms with E-state index in [1.807, 2.05) is 6.92 Å². The highest BCUT2D eigenvalue weighted by Gasteiger charge is 2.34. The Bertz CT molecular complexity index is 1170. The van der Waals surface area contributed by atoms with Gasteiger partial charge in [-0.1, -0.05) is 42.0 Å². The monoisotopic (exact) mass is 409 g/mol. The molecule has 2 aromatic rings. The van der Waals surface area contributed by atoms with Gasteiger partial charge in [-0.3, -0.25) is 14.4 Å².